The maximum atomic E-state index is 10.5. The van der Waals surface area contributed by atoms with Gasteiger partial charge in [-0.1, -0.05) is 32.6 Å². The van der Waals surface area contributed by atoms with Crippen molar-refractivity contribution in [3.63, 3.8) is 0 Å². The van der Waals surface area contributed by atoms with Crippen molar-refractivity contribution in [3.8, 4) is 0 Å². The van der Waals surface area contributed by atoms with Gasteiger partial charge in [0.05, 0.1) is 5.92 Å². The zero-order valence-electron chi connectivity index (χ0n) is 7.05. The van der Waals surface area contributed by atoms with Crippen LogP contribution in [0.2, 0.25) is 0 Å². The lowest BCUT2D eigenvalue weighted by Crippen LogP contribution is -2.12. The first-order valence-corrected chi connectivity index (χ1v) is 4.43. The van der Waals surface area contributed by atoms with Gasteiger partial charge in [-0.2, -0.15) is 0 Å². The van der Waals surface area contributed by atoms with Gasteiger partial charge in [-0.15, -0.1) is 0 Å². The Morgan fingerprint density at radius 2 is 2.09 bits per heavy atom. The van der Waals surface area contributed by atoms with E-state index in [2.05, 4.69) is 0 Å². The second kappa shape index (κ2) is 3.74. The first kappa shape index (κ1) is 8.57. The molecule has 2 heteroatoms. The summed E-state index contributed by atoms with van der Waals surface area (Å²) in [7, 11) is 0. The molecule has 1 atom stereocenters. The Morgan fingerprint density at radius 3 is 2.55 bits per heavy atom. The number of rotatable bonds is 3. The van der Waals surface area contributed by atoms with Crippen molar-refractivity contribution in [1.82, 2.24) is 0 Å². The Kier molecular flexibility index (Phi) is 2.92. The molecule has 0 amide bonds. The quantitative estimate of drug-likeness (QED) is 0.680. The fourth-order valence-electron chi connectivity index (χ4n) is 1.85. The molecule has 2 nitrogen and oxygen atoms in total. The number of carboxylic acids is 1. The molecule has 64 valence electrons. The monoisotopic (exact) mass is 156 g/mol. The third-order valence-electron chi connectivity index (χ3n) is 2.58. The van der Waals surface area contributed by atoms with Crippen LogP contribution >= 0.6 is 0 Å². The number of carbonyl (C=O) groups is 1. The van der Waals surface area contributed by atoms with Gasteiger partial charge < -0.3 is 5.11 Å². The average Bonchev–Trinajstić information content (AvgIpc) is 2.39. The first-order chi connectivity index (χ1) is 5.20. The summed E-state index contributed by atoms with van der Waals surface area (Å²) < 4.78 is 0. The summed E-state index contributed by atoms with van der Waals surface area (Å²) >= 11 is 0. The van der Waals surface area contributed by atoms with Crippen molar-refractivity contribution in [3.05, 3.63) is 0 Å². The standard InChI is InChI=1S/C9H16O2/c1-7(9(10)11)6-8-4-2-3-5-8/h7-8H,2-6H2,1H3,(H,10,11)/t7-/m0/s1. The first-order valence-electron chi connectivity index (χ1n) is 4.43. The van der Waals surface area contributed by atoms with Crippen LogP contribution in [0.25, 0.3) is 0 Å². The van der Waals surface area contributed by atoms with E-state index in [-0.39, 0.29) is 5.92 Å². The number of hydrogen-bond donors (Lipinski definition) is 1. The van der Waals surface area contributed by atoms with Gasteiger partial charge in [0, 0.05) is 0 Å². The van der Waals surface area contributed by atoms with Crippen LogP contribution in [0.15, 0.2) is 0 Å². The van der Waals surface area contributed by atoms with Gasteiger partial charge in [-0.05, 0) is 12.3 Å². The highest BCUT2D eigenvalue weighted by atomic mass is 16.4. The smallest absolute Gasteiger partial charge is 0.306 e. The van der Waals surface area contributed by atoms with Crippen molar-refractivity contribution in [1.29, 1.82) is 0 Å². The van der Waals surface area contributed by atoms with Gasteiger partial charge in [0.1, 0.15) is 0 Å². The van der Waals surface area contributed by atoms with Gasteiger partial charge in [-0.25, -0.2) is 0 Å². The van der Waals surface area contributed by atoms with Crippen molar-refractivity contribution in [2.75, 3.05) is 0 Å². The molecule has 1 aliphatic rings. The van der Waals surface area contributed by atoms with Crippen LogP contribution in [0.5, 0.6) is 0 Å². The molecule has 0 unspecified atom stereocenters. The summed E-state index contributed by atoms with van der Waals surface area (Å²) in [4.78, 5) is 10.5. The van der Waals surface area contributed by atoms with Gasteiger partial charge >= 0.3 is 5.97 Å². The van der Waals surface area contributed by atoms with E-state index >= 15 is 0 Å². The molecule has 0 bridgehead atoms. The summed E-state index contributed by atoms with van der Waals surface area (Å²) in [6.07, 6.45) is 5.98. The summed E-state index contributed by atoms with van der Waals surface area (Å²) in [6, 6.07) is 0. The highest BCUT2D eigenvalue weighted by Crippen LogP contribution is 2.30. The van der Waals surface area contributed by atoms with Crippen molar-refractivity contribution >= 4 is 5.97 Å². The van der Waals surface area contributed by atoms with Gasteiger partial charge in [-0.3, -0.25) is 4.79 Å². The highest BCUT2D eigenvalue weighted by Gasteiger charge is 2.20. The zero-order valence-corrected chi connectivity index (χ0v) is 7.05. The minimum Gasteiger partial charge on any atom is -0.481 e. The van der Waals surface area contributed by atoms with E-state index < -0.39 is 5.97 Å². The second-order valence-electron chi connectivity index (χ2n) is 3.63. The molecule has 0 spiro atoms. The van der Waals surface area contributed by atoms with Gasteiger partial charge in [0.15, 0.2) is 0 Å². The van der Waals surface area contributed by atoms with Crippen LogP contribution in [0.4, 0.5) is 0 Å². The van der Waals surface area contributed by atoms with E-state index in [0.29, 0.717) is 5.92 Å². The molecule has 1 aliphatic carbocycles. The maximum Gasteiger partial charge on any atom is 0.306 e. The van der Waals surface area contributed by atoms with Gasteiger partial charge in [0.25, 0.3) is 0 Å². The predicted molar refractivity (Wildman–Crippen MR) is 43.4 cm³/mol. The minimum atomic E-state index is -0.642. The van der Waals surface area contributed by atoms with E-state index in [9.17, 15) is 4.79 Å². The largest absolute Gasteiger partial charge is 0.481 e. The Bertz CT molecular complexity index is 136. The number of hydrogen-bond acceptors (Lipinski definition) is 1. The average molecular weight is 156 g/mol. The molecular weight excluding hydrogens is 140 g/mol. The highest BCUT2D eigenvalue weighted by molar-refractivity contribution is 5.69. The van der Waals surface area contributed by atoms with Crippen LogP contribution in [0.1, 0.15) is 39.0 Å². The summed E-state index contributed by atoms with van der Waals surface area (Å²) in [5, 5.41) is 8.64. The molecule has 11 heavy (non-hydrogen) atoms. The molecule has 0 aromatic carbocycles. The molecule has 1 saturated carbocycles. The lowest BCUT2D eigenvalue weighted by molar-refractivity contribution is -0.141. The molecule has 0 aliphatic heterocycles. The molecule has 0 aromatic heterocycles. The fourth-order valence-corrected chi connectivity index (χ4v) is 1.85. The Morgan fingerprint density at radius 1 is 1.55 bits per heavy atom. The predicted octanol–water partition coefficient (Wildman–Crippen LogP) is 2.29. The Labute approximate surface area is 67.6 Å². The fraction of sp³-hybridized carbons (Fsp3) is 0.889. The van der Waals surface area contributed by atoms with E-state index in [1.54, 1.807) is 6.92 Å². The normalized spacial score (nSPS) is 21.9. The van der Waals surface area contributed by atoms with Crippen LogP contribution in [-0.2, 0) is 4.79 Å². The van der Waals surface area contributed by atoms with Crippen molar-refractivity contribution in [2.24, 2.45) is 11.8 Å². The van der Waals surface area contributed by atoms with E-state index in [4.69, 9.17) is 5.11 Å². The maximum absolute atomic E-state index is 10.5. The Balaban J connectivity index is 2.23. The summed E-state index contributed by atoms with van der Waals surface area (Å²) in [6.45, 7) is 1.81. The zero-order chi connectivity index (χ0) is 8.27. The number of aliphatic carboxylic acids is 1. The van der Waals surface area contributed by atoms with E-state index in [1.807, 2.05) is 0 Å². The lowest BCUT2D eigenvalue weighted by Gasteiger charge is -2.11. The van der Waals surface area contributed by atoms with Crippen molar-refractivity contribution < 1.29 is 9.90 Å². The molecule has 0 aromatic rings. The molecule has 0 saturated heterocycles. The third-order valence-corrected chi connectivity index (χ3v) is 2.58. The third kappa shape index (κ3) is 2.52. The summed E-state index contributed by atoms with van der Waals surface area (Å²) in [5.41, 5.74) is 0. The Hall–Kier alpha value is -0.530. The van der Waals surface area contributed by atoms with E-state index in [1.165, 1.54) is 25.7 Å². The van der Waals surface area contributed by atoms with Crippen molar-refractivity contribution in [2.45, 2.75) is 39.0 Å². The van der Waals surface area contributed by atoms with Gasteiger partial charge in [0.2, 0.25) is 0 Å². The van der Waals surface area contributed by atoms with Crippen LogP contribution in [0, 0.1) is 11.8 Å². The van der Waals surface area contributed by atoms with Crippen LogP contribution in [-0.4, -0.2) is 11.1 Å². The number of carboxylic acid groups (broad SMARTS) is 1. The minimum absolute atomic E-state index is 0.141. The SMILES string of the molecule is C[C@@H](CC1CCCC1)C(=O)O. The van der Waals surface area contributed by atoms with Crippen LogP contribution in [0.3, 0.4) is 0 Å². The molecular formula is C9H16O2. The molecule has 0 heterocycles. The molecule has 1 rings (SSSR count). The molecule has 1 N–H and O–H groups in total. The second-order valence-corrected chi connectivity index (χ2v) is 3.63. The van der Waals surface area contributed by atoms with E-state index in [0.717, 1.165) is 6.42 Å². The molecule has 1 fully saturated rings. The summed E-state index contributed by atoms with van der Waals surface area (Å²) in [5.74, 6) is -0.0869. The lowest BCUT2D eigenvalue weighted by atomic mass is 9.95. The molecule has 0 radical (unpaired) electrons. The topological polar surface area (TPSA) is 37.3 Å². The van der Waals surface area contributed by atoms with Crippen LogP contribution < -0.4 is 0 Å².